The number of hydrogen-bond acceptors (Lipinski definition) is 7. The average Bonchev–Trinajstić information content (AvgIpc) is 2.87. The van der Waals surface area contributed by atoms with Gasteiger partial charge in [0, 0.05) is 35.3 Å². The van der Waals surface area contributed by atoms with Crippen LogP contribution in [-0.2, 0) is 0 Å². The van der Waals surface area contributed by atoms with Crippen molar-refractivity contribution >= 4 is 21.9 Å². The molecule has 0 aliphatic carbocycles. The molecule has 0 amide bonds. The molecule has 34 heavy (non-hydrogen) atoms. The van der Waals surface area contributed by atoms with Crippen LogP contribution in [0.5, 0.6) is 17.2 Å². The zero-order valence-corrected chi connectivity index (χ0v) is 18.0. The van der Waals surface area contributed by atoms with Gasteiger partial charge in [-0.05, 0) is 18.2 Å². The minimum absolute atomic E-state index is 0.187. The molecule has 5 aromatic rings. The fraction of sp³-hybridized carbons (Fsp3) is 0.111. The van der Waals surface area contributed by atoms with Gasteiger partial charge in [-0.2, -0.15) is 0 Å². The first-order chi connectivity index (χ1) is 16.6. The monoisotopic (exact) mass is 455 g/mol. The second-order valence-electron chi connectivity index (χ2n) is 7.71. The van der Waals surface area contributed by atoms with E-state index in [1.165, 1.54) is 6.07 Å². The van der Waals surface area contributed by atoms with Gasteiger partial charge in [-0.25, -0.2) is 0 Å². The van der Waals surface area contributed by atoms with Gasteiger partial charge in [0.2, 0.25) is 0 Å². The maximum absolute atomic E-state index is 13.1. The van der Waals surface area contributed by atoms with Gasteiger partial charge < -0.3 is 24.1 Å². The second kappa shape index (κ2) is 9.35. The summed E-state index contributed by atoms with van der Waals surface area (Å²) in [5.41, 5.74) is 1.51. The second-order valence-corrected chi connectivity index (χ2v) is 7.71. The summed E-state index contributed by atoms with van der Waals surface area (Å²) in [6.45, 7) is -0.670. The molecule has 5 rings (SSSR count). The van der Waals surface area contributed by atoms with Crippen molar-refractivity contribution < 1.29 is 24.1 Å². The molecule has 7 heteroatoms. The Morgan fingerprint density at radius 2 is 1.74 bits per heavy atom. The summed E-state index contributed by atoms with van der Waals surface area (Å²) >= 11 is 0. The maximum Gasteiger partial charge on any atom is 0.197 e. The highest BCUT2D eigenvalue weighted by Gasteiger charge is 2.17. The molecule has 1 atom stereocenters. The van der Waals surface area contributed by atoms with Crippen molar-refractivity contribution in [3.05, 3.63) is 95.3 Å². The highest BCUT2D eigenvalue weighted by Crippen LogP contribution is 2.35. The Balaban J connectivity index is 1.64. The van der Waals surface area contributed by atoms with Gasteiger partial charge >= 0.3 is 0 Å². The Morgan fingerprint density at radius 1 is 0.941 bits per heavy atom. The molecule has 0 saturated heterocycles. The Labute approximate surface area is 194 Å². The van der Waals surface area contributed by atoms with Gasteiger partial charge in [-0.3, -0.25) is 9.78 Å². The first kappa shape index (κ1) is 21.6. The Bertz CT molecular complexity index is 1510. The summed E-state index contributed by atoms with van der Waals surface area (Å²) in [5.74, 6) is 1.55. The van der Waals surface area contributed by atoms with Gasteiger partial charge in [-0.15, -0.1) is 0 Å². The molecular formula is C27H21NO6. The molecule has 1 unspecified atom stereocenters. The molecular weight excluding hydrogens is 434 g/mol. The van der Waals surface area contributed by atoms with Gasteiger partial charge in [0.25, 0.3) is 0 Å². The number of nitrogens with zero attached hydrogens (tertiary/aromatic N) is 1. The van der Waals surface area contributed by atoms with Crippen molar-refractivity contribution in [1.29, 1.82) is 0 Å². The van der Waals surface area contributed by atoms with Crippen molar-refractivity contribution in [2.75, 3.05) is 13.2 Å². The van der Waals surface area contributed by atoms with Crippen LogP contribution in [0.4, 0.5) is 0 Å². The van der Waals surface area contributed by atoms with Gasteiger partial charge in [0.1, 0.15) is 46.7 Å². The lowest BCUT2D eigenvalue weighted by Crippen LogP contribution is -2.21. The normalized spacial score (nSPS) is 12.1. The molecule has 0 aliphatic rings. The van der Waals surface area contributed by atoms with Crippen molar-refractivity contribution in [2.24, 2.45) is 0 Å². The van der Waals surface area contributed by atoms with Crippen LogP contribution in [0.25, 0.3) is 33.2 Å². The minimum atomic E-state index is -1.10. The SMILES string of the molecule is O=c1cc(-c2ccccc2)oc2cc(Oc3ccnc4ccccc34)cc(OCC(O)CO)c12. The Hall–Kier alpha value is -4.20. The quantitative estimate of drug-likeness (QED) is 0.372. The van der Waals surface area contributed by atoms with Crippen molar-refractivity contribution in [2.45, 2.75) is 6.10 Å². The van der Waals surface area contributed by atoms with Gasteiger partial charge in [-0.1, -0.05) is 42.5 Å². The topological polar surface area (TPSA) is 102 Å². The van der Waals surface area contributed by atoms with E-state index in [1.807, 2.05) is 54.6 Å². The molecule has 0 fully saturated rings. The van der Waals surface area contributed by atoms with Crippen LogP contribution in [0.1, 0.15) is 0 Å². The number of benzene rings is 3. The Morgan fingerprint density at radius 3 is 2.56 bits per heavy atom. The average molecular weight is 455 g/mol. The first-order valence-corrected chi connectivity index (χ1v) is 10.7. The van der Waals surface area contributed by atoms with Crippen LogP contribution in [-0.4, -0.2) is 34.5 Å². The number of aliphatic hydroxyl groups is 2. The van der Waals surface area contributed by atoms with E-state index in [1.54, 1.807) is 24.4 Å². The summed E-state index contributed by atoms with van der Waals surface area (Å²) in [6, 6.07) is 23.2. The van der Waals surface area contributed by atoms with Crippen LogP contribution in [0.15, 0.2) is 94.3 Å². The predicted octanol–water partition coefficient (Wildman–Crippen LogP) is 4.53. The first-order valence-electron chi connectivity index (χ1n) is 10.7. The van der Waals surface area contributed by atoms with E-state index in [0.717, 1.165) is 16.5 Å². The predicted molar refractivity (Wildman–Crippen MR) is 128 cm³/mol. The number of aromatic nitrogens is 1. The van der Waals surface area contributed by atoms with E-state index < -0.39 is 12.7 Å². The highest BCUT2D eigenvalue weighted by molar-refractivity contribution is 5.88. The molecule has 0 spiro atoms. The molecule has 3 aromatic carbocycles. The third-order valence-corrected chi connectivity index (χ3v) is 5.31. The summed E-state index contributed by atoms with van der Waals surface area (Å²) in [5, 5.41) is 20.0. The lowest BCUT2D eigenvalue weighted by Gasteiger charge is -2.15. The van der Waals surface area contributed by atoms with E-state index in [0.29, 0.717) is 17.3 Å². The number of rotatable bonds is 7. The van der Waals surface area contributed by atoms with E-state index in [2.05, 4.69) is 4.98 Å². The van der Waals surface area contributed by atoms with Crippen LogP contribution in [0, 0.1) is 0 Å². The number of ether oxygens (including phenoxy) is 2. The zero-order chi connectivity index (χ0) is 23.5. The lowest BCUT2D eigenvalue weighted by atomic mass is 10.1. The van der Waals surface area contributed by atoms with Gasteiger partial charge in [0.05, 0.1) is 12.1 Å². The molecule has 2 heterocycles. The number of para-hydroxylation sites is 1. The van der Waals surface area contributed by atoms with Crippen LogP contribution in [0.2, 0.25) is 0 Å². The summed E-state index contributed by atoms with van der Waals surface area (Å²) in [7, 11) is 0. The molecule has 0 radical (unpaired) electrons. The van der Waals surface area contributed by atoms with Crippen molar-refractivity contribution in [3.63, 3.8) is 0 Å². The summed E-state index contributed by atoms with van der Waals surface area (Å²) in [4.78, 5) is 17.4. The van der Waals surface area contributed by atoms with E-state index in [9.17, 15) is 9.90 Å². The third kappa shape index (κ3) is 4.34. The molecule has 0 aliphatic heterocycles. The molecule has 170 valence electrons. The molecule has 2 N–H and O–H groups in total. The fourth-order valence-electron chi connectivity index (χ4n) is 3.67. The van der Waals surface area contributed by atoms with E-state index in [-0.39, 0.29) is 28.8 Å². The fourth-order valence-corrected chi connectivity index (χ4v) is 3.67. The highest BCUT2D eigenvalue weighted by atomic mass is 16.5. The molecule has 0 saturated carbocycles. The van der Waals surface area contributed by atoms with Crippen molar-refractivity contribution in [3.8, 4) is 28.6 Å². The number of fused-ring (bicyclic) bond motifs is 2. The summed E-state index contributed by atoms with van der Waals surface area (Å²) in [6.07, 6.45) is 0.556. The summed E-state index contributed by atoms with van der Waals surface area (Å²) < 4.78 is 18.0. The van der Waals surface area contributed by atoms with Crippen LogP contribution in [0.3, 0.4) is 0 Å². The molecule has 2 aromatic heterocycles. The number of pyridine rings is 1. The zero-order valence-electron chi connectivity index (χ0n) is 18.0. The maximum atomic E-state index is 13.1. The standard InChI is InChI=1S/C27H21NO6/c29-15-18(30)16-32-25-12-19(33-23-10-11-28-21-9-5-4-8-20(21)23)13-26-27(25)22(31)14-24(34-26)17-6-2-1-3-7-17/h1-14,18,29-30H,15-16H2. The van der Waals surface area contributed by atoms with Crippen molar-refractivity contribution in [1.82, 2.24) is 4.98 Å². The minimum Gasteiger partial charge on any atom is -0.490 e. The number of hydrogen-bond donors (Lipinski definition) is 2. The largest absolute Gasteiger partial charge is 0.490 e. The van der Waals surface area contributed by atoms with E-state index in [4.69, 9.17) is 19.0 Å². The van der Waals surface area contributed by atoms with Crippen LogP contribution >= 0.6 is 0 Å². The smallest absolute Gasteiger partial charge is 0.197 e. The number of aliphatic hydroxyl groups excluding tert-OH is 2. The Kier molecular flexibility index (Phi) is 5.95. The van der Waals surface area contributed by atoms with Crippen LogP contribution < -0.4 is 14.9 Å². The molecule has 0 bridgehead atoms. The van der Waals surface area contributed by atoms with E-state index >= 15 is 0 Å². The third-order valence-electron chi connectivity index (χ3n) is 5.31. The lowest BCUT2D eigenvalue weighted by molar-refractivity contribution is 0.0540. The van der Waals surface area contributed by atoms with Gasteiger partial charge in [0.15, 0.2) is 5.43 Å². The molecule has 7 nitrogen and oxygen atoms in total.